The van der Waals surface area contributed by atoms with Crippen molar-refractivity contribution in [3.05, 3.63) is 76.1 Å². The molecule has 0 aliphatic rings. The van der Waals surface area contributed by atoms with Crippen LogP contribution in [0.4, 0.5) is 0 Å². The van der Waals surface area contributed by atoms with Gasteiger partial charge in [-0.25, -0.2) is 4.98 Å². The van der Waals surface area contributed by atoms with Crippen LogP contribution in [0.25, 0.3) is 27.6 Å². The zero-order valence-corrected chi connectivity index (χ0v) is 16.2. The summed E-state index contributed by atoms with van der Waals surface area (Å²) in [6.07, 6.45) is 0. The number of hydrogen-bond donors (Lipinski definition) is 0. The van der Waals surface area contributed by atoms with E-state index in [1.807, 2.05) is 53.8 Å². The molecule has 0 amide bonds. The maximum Gasteiger partial charge on any atom is 0.278 e. The van der Waals surface area contributed by atoms with Crippen molar-refractivity contribution in [1.82, 2.24) is 24.4 Å². The third-order valence-corrected chi connectivity index (χ3v) is 5.78. The summed E-state index contributed by atoms with van der Waals surface area (Å²) in [4.78, 5) is 17.4. The van der Waals surface area contributed by atoms with Crippen LogP contribution in [0, 0.1) is 18.3 Å². The molecule has 29 heavy (non-hydrogen) atoms. The number of aryl methyl sites for hydroxylation is 1. The first-order valence-electron chi connectivity index (χ1n) is 8.93. The van der Waals surface area contributed by atoms with Crippen molar-refractivity contribution < 1.29 is 0 Å². The van der Waals surface area contributed by atoms with Crippen LogP contribution in [0.5, 0.6) is 0 Å². The number of pyridine rings is 1. The Kier molecular flexibility index (Phi) is 4.03. The van der Waals surface area contributed by atoms with E-state index in [0.29, 0.717) is 28.0 Å². The molecule has 0 aliphatic carbocycles. The molecule has 5 aromatic rings. The van der Waals surface area contributed by atoms with Crippen molar-refractivity contribution in [3.63, 3.8) is 0 Å². The van der Waals surface area contributed by atoms with Crippen LogP contribution in [0.15, 0.2) is 64.4 Å². The Morgan fingerprint density at radius 1 is 1.10 bits per heavy atom. The fourth-order valence-electron chi connectivity index (χ4n) is 3.39. The third kappa shape index (κ3) is 2.75. The minimum atomic E-state index is -0.180. The second kappa shape index (κ2) is 6.72. The Morgan fingerprint density at radius 2 is 1.86 bits per heavy atom. The van der Waals surface area contributed by atoms with E-state index in [0.717, 1.165) is 21.6 Å². The van der Waals surface area contributed by atoms with E-state index in [4.69, 9.17) is 0 Å². The summed E-state index contributed by atoms with van der Waals surface area (Å²) < 4.78 is 3.32. The topological polar surface area (TPSA) is 88.9 Å². The molecule has 3 heterocycles. The summed E-state index contributed by atoms with van der Waals surface area (Å²) in [5, 5.41) is 19.2. The monoisotopic (exact) mass is 398 g/mol. The summed E-state index contributed by atoms with van der Waals surface area (Å²) in [5.41, 5.74) is 4.14. The number of fused-ring (bicyclic) bond motifs is 4. The van der Waals surface area contributed by atoms with Gasteiger partial charge >= 0.3 is 0 Å². The number of nitriles is 1. The highest BCUT2D eigenvalue weighted by atomic mass is 32.2. The van der Waals surface area contributed by atoms with Gasteiger partial charge in [-0.15, -0.1) is 5.10 Å². The van der Waals surface area contributed by atoms with Crippen LogP contribution >= 0.6 is 11.8 Å². The number of para-hydroxylation sites is 2. The number of thioether (sulfide) groups is 1. The Morgan fingerprint density at radius 3 is 2.69 bits per heavy atom. The summed E-state index contributed by atoms with van der Waals surface area (Å²) >= 11 is 1.45. The summed E-state index contributed by atoms with van der Waals surface area (Å²) in [7, 11) is 0. The zero-order valence-electron chi connectivity index (χ0n) is 15.4. The molecular formula is C21H14N6OS. The highest BCUT2D eigenvalue weighted by Crippen LogP contribution is 2.29. The van der Waals surface area contributed by atoms with Gasteiger partial charge in [0.25, 0.3) is 5.56 Å². The van der Waals surface area contributed by atoms with Gasteiger partial charge in [0.15, 0.2) is 5.65 Å². The summed E-state index contributed by atoms with van der Waals surface area (Å²) in [6.45, 7) is 1.89. The van der Waals surface area contributed by atoms with Crippen molar-refractivity contribution >= 4 is 39.3 Å². The second-order valence-electron chi connectivity index (χ2n) is 6.60. The molecule has 0 fully saturated rings. The smallest absolute Gasteiger partial charge is 0.278 e. The van der Waals surface area contributed by atoms with E-state index in [-0.39, 0.29) is 5.56 Å². The van der Waals surface area contributed by atoms with E-state index in [2.05, 4.69) is 21.4 Å². The summed E-state index contributed by atoms with van der Waals surface area (Å²) in [5.74, 6) is 0.295. The molecule has 0 spiro atoms. The Hall–Kier alpha value is -3.70. The van der Waals surface area contributed by atoms with Crippen LogP contribution in [0.1, 0.15) is 11.1 Å². The maximum atomic E-state index is 12.7. The third-order valence-electron chi connectivity index (χ3n) is 4.81. The van der Waals surface area contributed by atoms with Gasteiger partial charge in [-0.3, -0.25) is 9.20 Å². The lowest BCUT2D eigenvalue weighted by molar-refractivity contribution is 0.644. The normalized spacial score (nSPS) is 11.3. The molecule has 5 rings (SSSR count). The Bertz CT molecular complexity index is 1510. The van der Waals surface area contributed by atoms with Crippen molar-refractivity contribution in [2.45, 2.75) is 17.8 Å². The van der Waals surface area contributed by atoms with Gasteiger partial charge in [-0.1, -0.05) is 41.2 Å². The zero-order chi connectivity index (χ0) is 20.0. The van der Waals surface area contributed by atoms with Crippen LogP contribution < -0.4 is 5.56 Å². The molecule has 140 valence electrons. The number of nitrogens with zero attached hydrogens (tertiary/aromatic N) is 6. The average Bonchev–Trinajstić information content (AvgIpc) is 3.13. The van der Waals surface area contributed by atoms with Crippen molar-refractivity contribution in [1.29, 1.82) is 5.26 Å². The number of benzene rings is 2. The molecule has 0 radical (unpaired) electrons. The molecule has 0 saturated heterocycles. The molecule has 0 saturated carbocycles. The van der Waals surface area contributed by atoms with Crippen LogP contribution in [0.3, 0.4) is 0 Å². The van der Waals surface area contributed by atoms with E-state index in [1.165, 1.54) is 16.4 Å². The first-order chi connectivity index (χ1) is 14.2. The molecule has 0 bridgehead atoms. The van der Waals surface area contributed by atoms with Gasteiger partial charge in [0.2, 0.25) is 0 Å². The molecule has 0 atom stereocenters. The van der Waals surface area contributed by atoms with Gasteiger partial charge < -0.3 is 0 Å². The minimum Gasteiger partial charge on any atom is -0.286 e. The number of hydrogen-bond acceptors (Lipinski definition) is 6. The van der Waals surface area contributed by atoms with Gasteiger partial charge in [0, 0.05) is 0 Å². The standard InChI is InChI=1S/C21H14N6OS/c1-13-10-19(27-18-9-5-4-8-17(18)23-20(27)15(13)11-22)29-12-26-21(28)14-6-2-3-7-16(14)24-25-26/h2-10H,12H2,1H3. The quantitative estimate of drug-likeness (QED) is 0.432. The van der Waals surface area contributed by atoms with Crippen molar-refractivity contribution in [2.24, 2.45) is 0 Å². The van der Waals surface area contributed by atoms with Crippen LogP contribution in [-0.4, -0.2) is 24.4 Å². The lowest BCUT2D eigenvalue weighted by Gasteiger charge is -2.10. The van der Waals surface area contributed by atoms with E-state index < -0.39 is 0 Å². The molecule has 0 aliphatic heterocycles. The fraction of sp³-hybridized carbons (Fsp3) is 0.0952. The minimum absolute atomic E-state index is 0.180. The van der Waals surface area contributed by atoms with Gasteiger partial charge in [-0.05, 0) is 42.8 Å². The Labute approximate surface area is 169 Å². The average molecular weight is 398 g/mol. The Balaban J connectivity index is 1.64. The largest absolute Gasteiger partial charge is 0.286 e. The molecule has 3 aromatic heterocycles. The summed E-state index contributed by atoms with van der Waals surface area (Å²) in [6, 6.07) is 19.1. The van der Waals surface area contributed by atoms with Crippen LogP contribution in [-0.2, 0) is 5.88 Å². The molecule has 0 N–H and O–H groups in total. The number of aromatic nitrogens is 5. The van der Waals surface area contributed by atoms with Gasteiger partial charge in [0.1, 0.15) is 11.6 Å². The second-order valence-corrected chi connectivity index (χ2v) is 7.56. The number of imidazole rings is 1. The lowest BCUT2D eigenvalue weighted by atomic mass is 10.2. The van der Waals surface area contributed by atoms with E-state index >= 15 is 0 Å². The van der Waals surface area contributed by atoms with Gasteiger partial charge in [0.05, 0.1) is 32.9 Å². The highest BCUT2D eigenvalue weighted by Gasteiger charge is 2.16. The van der Waals surface area contributed by atoms with Crippen molar-refractivity contribution in [2.75, 3.05) is 0 Å². The van der Waals surface area contributed by atoms with Crippen LogP contribution in [0.2, 0.25) is 0 Å². The van der Waals surface area contributed by atoms with E-state index in [9.17, 15) is 10.1 Å². The predicted molar refractivity (Wildman–Crippen MR) is 112 cm³/mol. The predicted octanol–water partition coefficient (Wildman–Crippen LogP) is 3.52. The molecule has 0 unspecified atom stereocenters. The molecule has 2 aromatic carbocycles. The fourth-order valence-corrected chi connectivity index (χ4v) is 4.39. The van der Waals surface area contributed by atoms with Crippen molar-refractivity contribution in [3.8, 4) is 6.07 Å². The molecular weight excluding hydrogens is 384 g/mol. The number of rotatable bonds is 3. The first-order valence-corrected chi connectivity index (χ1v) is 9.92. The SMILES string of the molecule is Cc1cc(SCn2nnc3ccccc3c2=O)n2c(nc3ccccc32)c1C#N. The van der Waals surface area contributed by atoms with E-state index in [1.54, 1.807) is 12.1 Å². The molecule has 7 nitrogen and oxygen atoms in total. The first kappa shape index (κ1) is 17.4. The maximum absolute atomic E-state index is 12.7. The highest BCUT2D eigenvalue weighted by molar-refractivity contribution is 7.98. The molecule has 8 heteroatoms. The lowest BCUT2D eigenvalue weighted by Crippen LogP contribution is -2.23. The van der Waals surface area contributed by atoms with Gasteiger partial charge in [-0.2, -0.15) is 9.94 Å².